The van der Waals surface area contributed by atoms with Gasteiger partial charge in [-0.3, -0.25) is 0 Å². The smallest absolute Gasteiger partial charge is 0.0184 e. The Kier molecular flexibility index (Phi) is 3.87. The van der Waals surface area contributed by atoms with Crippen molar-refractivity contribution in [1.29, 1.82) is 0 Å². The first-order valence-corrected chi connectivity index (χ1v) is 4.92. The molecule has 0 spiro atoms. The van der Waals surface area contributed by atoms with E-state index in [0.29, 0.717) is 0 Å². The van der Waals surface area contributed by atoms with Crippen LogP contribution in [0, 0.1) is 0 Å². The van der Waals surface area contributed by atoms with Crippen molar-refractivity contribution in [3.8, 4) is 0 Å². The molecule has 0 bridgehead atoms. The summed E-state index contributed by atoms with van der Waals surface area (Å²) >= 11 is 0. The van der Waals surface area contributed by atoms with E-state index in [2.05, 4.69) is 25.8 Å². The molecule has 0 saturated carbocycles. The summed E-state index contributed by atoms with van der Waals surface area (Å²) < 4.78 is 0. The minimum absolute atomic E-state index is 0.931. The molecule has 0 unspecified atom stereocenters. The summed E-state index contributed by atoms with van der Waals surface area (Å²) in [4.78, 5) is 0. The number of hydrogen-bond acceptors (Lipinski definition) is 0. The maximum absolute atomic E-state index is 3.98. The summed E-state index contributed by atoms with van der Waals surface area (Å²) in [5.41, 5.74) is 2.02. The van der Waals surface area contributed by atoms with Crippen LogP contribution in [-0.4, -0.2) is 0 Å². The van der Waals surface area contributed by atoms with Crippen LogP contribution >= 0.6 is 0 Å². The number of rotatable bonds is 3. The van der Waals surface area contributed by atoms with Gasteiger partial charge in [0.1, 0.15) is 0 Å². The van der Waals surface area contributed by atoms with Gasteiger partial charge in [-0.25, -0.2) is 0 Å². The highest BCUT2D eigenvalue weighted by Gasteiger charge is 1.92. The molecule has 1 rings (SSSR count). The lowest BCUT2D eigenvalue weighted by Crippen LogP contribution is -2.22. The van der Waals surface area contributed by atoms with E-state index < -0.39 is 0 Å². The number of hydrogen-bond donors (Lipinski definition) is 0. The molecule has 0 atom stereocenters. The summed E-state index contributed by atoms with van der Waals surface area (Å²) in [7, 11) is 0. The summed E-state index contributed by atoms with van der Waals surface area (Å²) in [6.45, 7) is 13.6. The Morgan fingerprint density at radius 2 is 1.93 bits per heavy atom. The average Bonchev–Trinajstić information content (AvgIpc) is 2.27. The SMILES string of the molecule is C=CC(=C)C(=C\C)/C=c1/ccccc1=C. The van der Waals surface area contributed by atoms with E-state index in [1.54, 1.807) is 6.08 Å². The third kappa shape index (κ3) is 2.81. The lowest BCUT2D eigenvalue weighted by molar-refractivity contribution is 1.50. The summed E-state index contributed by atoms with van der Waals surface area (Å²) in [5, 5.41) is 2.14. The second kappa shape index (κ2) is 5.16. The van der Waals surface area contributed by atoms with Crippen molar-refractivity contribution in [2.45, 2.75) is 6.92 Å². The van der Waals surface area contributed by atoms with Crippen LogP contribution in [0.5, 0.6) is 0 Å². The summed E-state index contributed by atoms with van der Waals surface area (Å²) in [6, 6.07) is 8.03. The fraction of sp³-hybridized carbons (Fsp3) is 0.0667. The van der Waals surface area contributed by atoms with Gasteiger partial charge in [-0.05, 0) is 34.6 Å². The van der Waals surface area contributed by atoms with Gasteiger partial charge in [0.05, 0.1) is 0 Å². The van der Waals surface area contributed by atoms with E-state index >= 15 is 0 Å². The van der Waals surface area contributed by atoms with Gasteiger partial charge in [0, 0.05) is 0 Å². The standard InChI is InChI=1S/C15H16/c1-5-12(3)14(6-2)11-15-10-8-7-9-13(15)4/h5-11H,1,3-4H2,2H3/b14-6-,15-11-. The Morgan fingerprint density at radius 1 is 1.27 bits per heavy atom. The molecule has 0 heterocycles. The van der Waals surface area contributed by atoms with Gasteiger partial charge in [0.2, 0.25) is 0 Å². The molecule has 1 aromatic rings. The first-order chi connectivity index (χ1) is 7.19. The van der Waals surface area contributed by atoms with Crippen molar-refractivity contribution in [3.05, 3.63) is 71.2 Å². The molecule has 0 N–H and O–H groups in total. The predicted molar refractivity (Wildman–Crippen MR) is 68.8 cm³/mol. The first-order valence-electron chi connectivity index (χ1n) is 4.92. The Morgan fingerprint density at radius 3 is 2.47 bits per heavy atom. The molecular formula is C15H16. The van der Waals surface area contributed by atoms with Crippen LogP contribution in [0.15, 0.2) is 60.7 Å². The van der Waals surface area contributed by atoms with E-state index in [-0.39, 0.29) is 0 Å². The highest BCUT2D eigenvalue weighted by atomic mass is 14.0. The zero-order valence-electron chi connectivity index (χ0n) is 9.16. The lowest BCUT2D eigenvalue weighted by atomic mass is 10.1. The average molecular weight is 196 g/mol. The number of allylic oxidation sites excluding steroid dienone is 4. The Hall–Kier alpha value is -1.82. The monoisotopic (exact) mass is 196 g/mol. The van der Waals surface area contributed by atoms with E-state index in [1.165, 1.54) is 0 Å². The van der Waals surface area contributed by atoms with Crippen molar-refractivity contribution in [2.75, 3.05) is 0 Å². The molecule has 0 saturated heterocycles. The van der Waals surface area contributed by atoms with Crippen LogP contribution in [0.1, 0.15) is 6.92 Å². The van der Waals surface area contributed by atoms with Crippen molar-refractivity contribution in [3.63, 3.8) is 0 Å². The minimum Gasteiger partial charge on any atom is -0.0985 e. The maximum atomic E-state index is 3.98. The Balaban J connectivity index is 3.29. The molecule has 0 heteroatoms. The molecule has 0 aliphatic rings. The summed E-state index contributed by atoms with van der Waals surface area (Å²) in [6.07, 6.45) is 5.86. The van der Waals surface area contributed by atoms with E-state index in [9.17, 15) is 0 Å². The Bertz CT molecular complexity index is 501. The second-order valence-corrected chi connectivity index (χ2v) is 3.32. The molecular weight excluding hydrogens is 180 g/mol. The highest BCUT2D eigenvalue weighted by Crippen LogP contribution is 2.09. The van der Waals surface area contributed by atoms with Gasteiger partial charge < -0.3 is 0 Å². The lowest BCUT2D eigenvalue weighted by Gasteiger charge is -1.99. The van der Waals surface area contributed by atoms with Gasteiger partial charge in [0.15, 0.2) is 0 Å². The molecule has 0 amide bonds. The zero-order valence-corrected chi connectivity index (χ0v) is 9.16. The predicted octanol–water partition coefficient (Wildman–Crippen LogP) is 2.57. The fourth-order valence-electron chi connectivity index (χ4n) is 1.32. The van der Waals surface area contributed by atoms with Crippen LogP contribution in [0.4, 0.5) is 0 Å². The van der Waals surface area contributed by atoms with Gasteiger partial charge >= 0.3 is 0 Å². The van der Waals surface area contributed by atoms with E-state index in [1.807, 2.05) is 37.3 Å². The van der Waals surface area contributed by atoms with E-state index in [4.69, 9.17) is 0 Å². The topological polar surface area (TPSA) is 0 Å². The van der Waals surface area contributed by atoms with Gasteiger partial charge in [-0.1, -0.05) is 56.2 Å². The molecule has 0 fully saturated rings. The van der Waals surface area contributed by atoms with Crippen molar-refractivity contribution in [1.82, 2.24) is 0 Å². The minimum atomic E-state index is 0.931. The van der Waals surface area contributed by atoms with Crippen LogP contribution < -0.4 is 10.4 Å². The highest BCUT2D eigenvalue weighted by molar-refractivity contribution is 5.59. The van der Waals surface area contributed by atoms with Crippen molar-refractivity contribution >= 4 is 12.7 Å². The van der Waals surface area contributed by atoms with Crippen LogP contribution in [0.25, 0.3) is 12.7 Å². The van der Waals surface area contributed by atoms with E-state index in [0.717, 1.165) is 21.6 Å². The first kappa shape index (κ1) is 11.3. The molecule has 0 aliphatic heterocycles. The molecule has 0 aromatic heterocycles. The molecule has 0 aliphatic carbocycles. The van der Waals surface area contributed by atoms with Gasteiger partial charge in [-0.2, -0.15) is 0 Å². The maximum Gasteiger partial charge on any atom is -0.0184 e. The van der Waals surface area contributed by atoms with Crippen molar-refractivity contribution < 1.29 is 0 Å². The molecule has 1 aromatic carbocycles. The molecule has 76 valence electrons. The van der Waals surface area contributed by atoms with Crippen LogP contribution in [-0.2, 0) is 0 Å². The normalized spacial score (nSPS) is 12.6. The summed E-state index contributed by atoms with van der Waals surface area (Å²) in [5.74, 6) is 0. The fourth-order valence-corrected chi connectivity index (χ4v) is 1.32. The third-order valence-electron chi connectivity index (χ3n) is 2.29. The molecule has 15 heavy (non-hydrogen) atoms. The molecule has 0 nitrogen and oxygen atoms in total. The second-order valence-electron chi connectivity index (χ2n) is 3.32. The largest absolute Gasteiger partial charge is 0.0985 e. The van der Waals surface area contributed by atoms with Crippen LogP contribution in [0.3, 0.4) is 0 Å². The number of benzene rings is 1. The zero-order chi connectivity index (χ0) is 11.3. The Labute approximate surface area is 91.3 Å². The quantitative estimate of drug-likeness (QED) is 0.652. The molecule has 0 radical (unpaired) electrons. The van der Waals surface area contributed by atoms with Gasteiger partial charge in [0.25, 0.3) is 0 Å². The van der Waals surface area contributed by atoms with Gasteiger partial charge in [-0.15, -0.1) is 0 Å². The van der Waals surface area contributed by atoms with Crippen LogP contribution in [0.2, 0.25) is 0 Å². The third-order valence-corrected chi connectivity index (χ3v) is 2.29. The van der Waals surface area contributed by atoms with Crippen molar-refractivity contribution in [2.24, 2.45) is 0 Å².